The van der Waals surface area contributed by atoms with Gasteiger partial charge in [0.1, 0.15) is 0 Å². The molecule has 1 saturated carbocycles. The van der Waals surface area contributed by atoms with E-state index in [1.54, 1.807) is 0 Å². The predicted molar refractivity (Wildman–Crippen MR) is 65.6 cm³/mol. The summed E-state index contributed by atoms with van der Waals surface area (Å²) >= 11 is 0. The zero-order chi connectivity index (χ0) is 12.2. The third-order valence-electron chi connectivity index (χ3n) is 3.09. The van der Waals surface area contributed by atoms with Crippen molar-refractivity contribution in [2.24, 2.45) is 11.3 Å². The topological polar surface area (TPSA) is 43.4 Å². The van der Waals surface area contributed by atoms with Gasteiger partial charge in [-0.3, -0.25) is 9.00 Å². The third kappa shape index (κ3) is 4.64. The fraction of sp³-hybridized carbons (Fsp3) is 0.917. The molecule has 1 atom stereocenters. The van der Waals surface area contributed by atoms with Crippen LogP contribution in [0.15, 0.2) is 0 Å². The quantitative estimate of drug-likeness (QED) is 0.646. The summed E-state index contributed by atoms with van der Waals surface area (Å²) in [5, 5.41) is 0. The van der Waals surface area contributed by atoms with Crippen molar-refractivity contribution < 1.29 is 13.7 Å². The minimum Gasteiger partial charge on any atom is -0.469 e. The van der Waals surface area contributed by atoms with Gasteiger partial charge >= 0.3 is 5.97 Å². The lowest BCUT2D eigenvalue weighted by molar-refractivity contribution is -0.141. The van der Waals surface area contributed by atoms with Gasteiger partial charge in [-0.25, -0.2) is 0 Å². The van der Waals surface area contributed by atoms with E-state index in [1.807, 2.05) is 0 Å². The minimum absolute atomic E-state index is 0.00886. The third-order valence-corrected chi connectivity index (χ3v) is 4.72. The van der Waals surface area contributed by atoms with Crippen LogP contribution >= 0.6 is 0 Å². The highest BCUT2D eigenvalue weighted by Crippen LogP contribution is 2.49. The van der Waals surface area contributed by atoms with Crippen molar-refractivity contribution in [3.63, 3.8) is 0 Å². The summed E-state index contributed by atoms with van der Waals surface area (Å²) in [6.45, 7) is 4.27. The van der Waals surface area contributed by atoms with Crippen molar-refractivity contribution in [3.8, 4) is 0 Å². The molecule has 1 unspecified atom stereocenters. The highest BCUT2D eigenvalue weighted by atomic mass is 32.2. The number of esters is 1. The molecule has 0 aliphatic heterocycles. The van der Waals surface area contributed by atoms with Gasteiger partial charge in [-0.15, -0.1) is 0 Å². The molecular weight excluding hydrogens is 224 g/mol. The molecule has 0 aromatic heterocycles. The van der Waals surface area contributed by atoms with Crippen molar-refractivity contribution in [3.05, 3.63) is 0 Å². The molecule has 0 aromatic carbocycles. The Bertz CT molecular complexity index is 269. The van der Waals surface area contributed by atoms with Crippen LogP contribution < -0.4 is 0 Å². The van der Waals surface area contributed by atoms with Gasteiger partial charge in [-0.2, -0.15) is 0 Å². The first-order valence-corrected chi connectivity index (χ1v) is 7.38. The molecule has 4 heteroatoms. The molecule has 0 bridgehead atoms. The van der Waals surface area contributed by atoms with E-state index in [0.717, 1.165) is 25.0 Å². The number of ether oxygens (including phenoxy) is 1. The first kappa shape index (κ1) is 13.7. The Morgan fingerprint density at radius 3 is 2.50 bits per heavy atom. The number of rotatable bonds is 7. The summed E-state index contributed by atoms with van der Waals surface area (Å²) in [6.07, 6.45) is 3.49. The monoisotopic (exact) mass is 246 g/mol. The number of methoxy groups -OCH3 is 1. The van der Waals surface area contributed by atoms with Gasteiger partial charge in [-0.05, 0) is 30.6 Å². The molecule has 0 aromatic rings. The average Bonchev–Trinajstić information content (AvgIpc) is 2.94. The van der Waals surface area contributed by atoms with E-state index >= 15 is 0 Å². The van der Waals surface area contributed by atoms with Crippen LogP contribution in [-0.2, 0) is 20.3 Å². The van der Waals surface area contributed by atoms with E-state index in [-0.39, 0.29) is 11.4 Å². The minimum atomic E-state index is -0.774. The van der Waals surface area contributed by atoms with Crippen molar-refractivity contribution in [1.29, 1.82) is 0 Å². The molecule has 0 N–H and O–H groups in total. The maximum Gasteiger partial charge on any atom is 0.306 e. The fourth-order valence-corrected chi connectivity index (χ4v) is 3.66. The van der Waals surface area contributed by atoms with Gasteiger partial charge in [0, 0.05) is 22.3 Å². The Morgan fingerprint density at radius 2 is 2.06 bits per heavy atom. The summed E-state index contributed by atoms with van der Waals surface area (Å²) in [5.41, 5.74) is 0.00886. The van der Waals surface area contributed by atoms with Gasteiger partial charge in [0.05, 0.1) is 13.5 Å². The maximum atomic E-state index is 11.8. The standard InChI is InChI=1S/C12H22O3S/c1-10(2)4-7-16(14)9-12(5-6-12)8-11(13)15-3/h10H,4-9H2,1-3H3. The molecule has 0 saturated heterocycles. The first-order valence-electron chi connectivity index (χ1n) is 5.89. The molecule has 1 rings (SSSR count). The first-order chi connectivity index (χ1) is 7.47. The molecule has 16 heavy (non-hydrogen) atoms. The van der Waals surface area contributed by atoms with Crippen LogP contribution in [0.3, 0.4) is 0 Å². The molecule has 1 aliphatic carbocycles. The van der Waals surface area contributed by atoms with Gasteiger partial charge in [0.15, 0.2) is 0 Å². The van der Waals surface area contributed by atoms with Crippen molar-refractivity contribution in [1.82, 2.24) is 0 Å². The van der Waals surface area contributed by atoms with Crippen LogP contribution in [0.4, 0.5) is 0 Å². The van der Waals surface area contributed by atoms with E-state index in [0.29, 0.717) is 18.1 Å². The lowest BCUT2D eigenvalue weighted by Crippen LogP contribution is -2.19. The summed E-state index contributed by atoms with van der Waals surface area (Å²) < 4.78 is 16.5. The zero-order valence-electron chi connectivity index (χ0n) is 10.5. The van der Waals surface area contributed by atoms with Crippen molar-refractivity contribution in [2.45, 2.75) is 39.5 Å². The highest BCUT2D eigenvalue weighted by molar-refractivity contribution is 7.85. The van der Waals surface area contributed by atoms with E-state index in [4.69, 9.17) is 0 Å². The Morgan fingerprint density at radius 1 is 1.44 bits per heavy atom. The van der Waals surface area contributed by atoms with E-state index in [1.165, 1.54) is 7.11 Å². The number of hydrogen-bond donors (Lipinski definition) is 0. The Balaban J connectivity index is 2.30. The second-order valence-corrected chi connectivity index (χ2v) is 6.80. The van der Waals surface area contributed by atoms with E-state index < -0.39 is 10.8 Å². The van der Waals surface area contributed by atoms with Crippen LogP contribution in [0.25, 0.3) is 0 Å². The van der Waals surface area contributed by atoms with Crippen LogP contribution in [0.5, 0.6) is 0 Å². The summed E-state index contributed by atoms with van der Waals surface area (Å²) in [4.78, 5) is 11.2. The highest BCUT2D eigenvalue weighted by Gasteiger charge is 2.45. The largest absolute Gasteiger partial charge is 0.469 e. The Kier molecular flexibility index (Phi) is 4.96. The van der Waals surface area contributed by atoms with Gasteiger partial charge in [-0.1, -0.05) is 13.8 Å². The van der Waals surface area contributed by atoms with Crippen molar-refractivity contribution in [2.75, 3.05) is 18.6 Å². The average molecular weight is 246 g/mol. The Labute approximate surface area is 100 Å². The lowest BCUT2D eigenvalue weighted by atomic mass is 10.1. The number of hydrogen-bond acceptors (Lipinski definition) is 3. The summed E-state index contributed by atoms with van der Waals surface area (Å²) in [5.74, 6) is 1.87. The molecule has 94 valence electrons. The molecule has 3 nitrogen and oxygen atoms in total. The molecule has 0 amide bonds. The number of carbonyl (C=O) groups is 1. The smallest absolute Gasteiger partial charge is 0.306 e. The Hall–Kier alpha value is -0.380. The maximum absolute atomic E-state index is 11.8. The normalized spacial score (nSPS) is 19.5. The van der Waals surface area contributed by atoms with Crippen LogP contribution in [0.1, 0.15) is 39.5 Å². The summed E-state index contributed by atoms with van der Waals surface area (Å²) in [7, 11) is 0.637. The summed E-state index contributed by atoms with van der Waals surface area (Å²) in [6, 6.07) is 0. The molecule has 1 fully saturated rings. The van der Waals surface area contributed by atoms with Gasteiger partial charge in [0.25, 0.3) is 0 Å². The fourth-order valence-electron chi connectivity index (χ4n) is 1.71. The lowest BCUT2D eigenvalue weighted by Gasteiger charge is -2.13. The molecule has 0 radical (unpaired) electrons. The van der Waals surface area contributed by atoms with Crippen molar-refractivity contribution >= 4 is 16.8 Å². The second-order valence-electron chi connectivity index (χ2n) is 5.22. The zero-order valence-corrected chi connectivity index (χ0v) is 11.3. The molecule has 0 heterocycles. The van der Waals surface area contributed by atoms with Crippen LogP contribution in [-0.4, -0.2) is 28.8 Å². The van der Waals surface area contributed by atoms with Crippen LogP contribution in [0.2, 0.25) is 0 Å². The predicted octanol–water partition coefficient (Wildman–Crippen LogP) is 2.12. The second kappa shape index (κ2) is 5.80. The molecular formula is C12H22O3S. The molecule has 0 spiro atoms. The number of carbonyl (C=O) groups excluding carboxylic acids is 1. The molecule has 1 aliphatic rings. The SMILES string of the molecule is COC(=O)CC1(CS(=O)CCC(C)C)CC1. The van der Waals surface area contributed by atoms with E-state index in [2.05, 4.69) is 18.6 Å². The van der Waals surface area contributed by atoms with Gasteiger partial charge in [0.2, 0.25) is 0 Å². The van der Waals surface area contributed by atoms with Crippen LogP contribution in [0, 0.1) is 11.3 Å². The van der Waals surface area contributed by atoms with Gasteiger partial charge < -0.3 is 4.74 Å². The van der Waals surface area contributed by atoms with E-state index in [9.17, 15) is 9.00 Å².